The van der Waals surface area contributed by atoms with Gasteiger partial charge in [-0.25, -0.2) is 0 Å². The highest BCUT2D eigenvalue weighted by Crippen LogP contribution is 2.38. The van der Waals surface area contributed by atoms with E-state index in [1.807, 2.05) is 27.7 Å². The van der Waals surface area contributed by atoms with E-state index < -0.39 is 17.4 Å². The van der Waals surface area contributed by atoms with Gasteiger partial charge in [-0.3, -0.25) is 19.6 Å². The van der Waals surface area contributed by atoms with Crippen LogP contribution in [0.2, 0.25) is 10.0 Å². The van der Waals surface area contributed by atoms with E-state index in [2.05, 4.69) is 9.98 Å². The number of aromatic nitrogens is 1. The molecule has 0 aromatic carbocycles. The first-order valence-electron chi connectivity index (χ1n) is 12.3. The molecule has 206 valence electrons. The summed E-state index contributed by atoms with van der Waals surface area (Å²) in [6, 6.07) is -0.158. The summed E-state index contributed by atoms with van der Waals surface area (Å²) in [5.41, 5.74) is 5.31. The number of aliphatic hydroxyl groups excluding tert-OH is 1. The highest BCUT2D eigenvalue weighted by Gasteiger charge is 2.39. The molecule has 1 atom stereocenters. The molecule has 0 bridgehead atoms. The van der Waals surface area contributed by atoms with Crippen molar-refractivity contribution in [3.8, 4) is 0 Å². The third-order valence-corrected chi connectivity index (χ3v) is 7.22. The van der Waals surface area contributed by atoms with E-state index in [0.29, 0.717) is 38.8 Å². The van der Waals surface area contributed by atoms with Gasteiger partial charge in [-0.15, -0.1) is 0 Å². The fraction of sp³-hybridized carbons (Fsp3) is 0.615. The summed E-state index contributed by atoms with van der Waals surface area (Å²) < 4.78 is 5.22. The summed E-state index contributed by atoms with van der Waals surface area (Å²) >= 11 is 19.0. The lowest BCUT2D eigenvalue weighted by molar-refractivity contribution is -0.156. The quantitative estimate of drug-likeness (QED) is 0.235. The summed E-state index contributed by atoms with van der Waals surface area (Å²) in [4.78, 5) is 35.9. The van der Waals surface area contributed by atoms with Crippen LogP contribution in [0, 0.1) is 10.8 Å². The summed E-state index contributed by atoms with van der Waals surface area (Å²) in [5, 5.41) is 11.3. The smallest absolute Gasteiger partial charge is 0.311 e. The van der Waals surface area contributed by atoms with Gasteiger partial charge in [0, 0.05) is 30.7 Å². The standard InChI is InChI=1S/C26H37Cl3N4O4/c1-6-37-24(36)26(5)9-7-16(8-10-26)32-22(29)17(11-30)23(35)33(15-25(2,3)4)14-20(34)21-18(27)12-31-13-19(21)28/h11-13,16,20,34H,6-10,14-15,30H2,1-5H3. The Balaban J connectivity index is 2.22. The molecule has 1 amide bonds. The number of hydrogen-bond donors (Lipinski definition) is 2. The molecule has 37 heavy (non-hydrogen) atoms. The number of pyridine rings is 1. The third kappa shape index (κ3) is 8.57. The van der Waals surface area contributed by atoms with E-state index in [0.717, 1.165) is 6.20 Å². The Hall–Kier alpha value is -1.87. The minimum absolute atomic E-state index is 0.00869. The molecule has 1 aromatic rings. The maximum Gasteiger partial charge on any atom is 0.311 e. The lowest BCUT2D eigenvalue weighted by atomic mass is 9.74. The van der Waals surface area contributed by atoms with E-state index in [1.54, 1.807) is 6.92 Å². The molecular weight excluding hydrogens is 539 g/mol. The Morgan fingerprint density at radius 1 is 1.30 bits per heavy atom. The number of amides is 1. The Labute approximate surface area is 234 Å². The minimum atomic E-state index is -1.16. The van der Waals surface area contributed by atoms with Crippen molar-refractivity contribution in [2.24, 2.45) is 21.6 Å². The second-order valence-corrected chi connectivity index (χ2v) is 12.0. The van der Waals surface area contributed by atoms with Crippen LogP contribution in [-0.2, 0) is 14.3 Å². The van der Waals surface area contributed by atoms with Gasteiger partial charge in [0.2, 0.25) is 0 Å². The van der Waals surface area contributed by atoms with E-state index in [-0.39, 0.29) is 50.3 Å². The number of ether oxygens (including phenoxy) is 1. The molecule has 1 aliphatic carbocycles. The van der Waals surface area contributed by atoms with Gasteiger partial charge in [-0.2, -0.15) is 0 Å². The number of esters is 1. The largest absolute Gasteiger partial charge is 0.466 e. The average Bonchev–Trinajstić information content (AvgIpc) is 2.80. The van der Waals surface area contributed by atoms with E-state index >= 15 is 0 Å². The van der Waals surface area contributed by atoms with Gasteiger partial charge in [-0.05, 0) is 44.9 Å². The zero-order valence-electron chi connectivity index (χ0n) is 22.1. The van der Waals surface area contributed by atoms with Crippen LogP contribution in [0.5, 0.6) is 0 Å². The van der Waals surface area contributed by atoms with Gasteiger partial charge in [0.25, 0.3) is 5.91 Å². The first-order chi connectivity index (χ1) is 17.2. The molecule has 0 spiro atoms. The second kappa shape index (κ2) is 13.3. The zero-order valence-corrected chi connectivity index (χ0v) is 24.3. The van der Waals surface area contributed by atoms with Crippen molar-refractivity contribution in [2.45, 2.75) is 72.4 Å². The van der Waals surface area contributed by atoms with Crippen molar-refractivity contribution < 1.29 is 19.4 Å². The van der Waals surface area contributed by atoms with Gasteiger partial charge < -0.3 is 20.5 Å². The monoisotopic (exact) mass is 574 g/mol. The number of rotatable bonds is 9. The number of carbonyl (C=O) groups excluding carboxylic acids is 2. The molecule has 1 saturated carbocycles. The number of aliphatic hydroxyl groups is 1. The number of halogens is 3. The average molecular weight is 576 g/mol. The van der Waals surface area contributed by atoms with Gasteiger partial charge in [-0.1, -0.05) is 55.6 Å². The van der Waals surface area contributed by atoms with Crippen LogP contribution in [0.1, 0.15) is 72.0 Å². The first-order valence-corrected chi connectivity index (χ1v) is 13.4. The fourth-order valence-corrected chi connectivity index (χ4v) is 5.24. The topological polar surface area (TPSA) is 118 Å². The molecule has 1 fully saturated rings. The zero-order chi connectivity index (χ0) is 28.0. The van der Waals surface area contributed by atoms with Crippen molar-refractivity contribution in [1.82, 2.24) is 9.88 Å². The SMILES string of the molecule is CCOC(=O)C1(C)CCC(N=C(Cl)C(=CN)C(=O)N(CC(O)c2c(Cl)cncc2Cl)CC(C)(C)C)CC1. The van der Waals surface area contributed by atoms with Crippen molar-refractivity contribution in [3.05, 3.63) is 39.8 Å². The predicted molar refractivity (Wildman–Crippen MR) is 148 cm³/mol. The van der Waals surface area contributed by atoms with E-state index in [4.69, 9.17) is 45.3 Å². The molecule has 8 nitrogen and oxygen atoms in total. The van der Waals surface area contributed by atoms with Crippen molar-refractivity contribution >= 4 is 51.9 Å². The molecule has 1 aliphatic rings. The van der Waals surface area contributed by atoms with Crippen LogP contribution >= 0.6 is 34.8 Å². The van der Waals surface area contributed by atoms with Crippen LogP contribution in [0.25, 0.3) is 0 Å². The maximum absolute atomic E-state index is 13.6. The fourth-order valence-electron chi connectivity index (χ4n) is 4.34. The number of nitrogens with zero attached hydrogens (tertiary/aromatic N) is 3. The Bertz CT molecular complexity index is 1010. The van der Waals surface area contributed by atoms with Crippen LogP contribution in [0.3, 0.4) is 0 Å². The molecule has 3 N–H and O–H groups in total. The van der Waals surface area contributed by atoms with Crippen LogP contribution in [-0.4, -0.2) is 57.8 Å². The van der Waals surface area contributed by atoms with Crippen molar-refractivity contribution in [3.63, 3.8) is 0 Å². The van der Waals surface area contributed by atoms with Crippen LogP contribution in [0.15, 0.2) is 29.2 Å². The molecule has 1 aromatic heterocycles. The van der Waals surface area contributed by atoms with Gasteiger partial charge >= 0.3 is 5.97 Å². The number of hydrogen-bond acceptors (Lipinski definition) is 7. The maximum atomic E-state index is 13.6. The Morgan fingerprint density at radius 3 is 2.35 bits per heavy atom. The summed E-state index contributed by atoms with van der Waals surface area (Å²) in [5.74, 6) is -0.675. The highest BCUT2D eigenvalue weighted by molar-refractivity contribution is 6.72. The molecule has 11 heteroatoms. The summed E-state index contributed by atoms with van der Waals surface area (Å²) in [6.07, 6.45) is 5.20. The van der Waals surface area contributed by atoms with E-state index in [1.165, 1.54) is 17.3 Å². The number of carbonyl (C=O) groups is 2. The normalized spacial score (nSPS) is 21.9. The molecule has 1 unspecified atom stereocenters. The minimum Gasteiger partial charge on any atom is -0.466 e. The lowest BCUT2D eigenvalue weighted by Gasteiger charge is -2.34. The molecule has 0 aliphatic heterocycles. The van der Waals surface area contributed by atoms with Crippen molar-refractivity contribution in [1.29, 1.82) is 0 Å². The first kappa shape index (κ1) is 31.3. The van der Waals surface area contributed by atoms with Gasteiger partial charge in [0.1, 0.15) is 5.17 Å². The van der Waals surface area contributed by atoms with E-state index in [9.17, 15) is 14.7 Å². The highest BCUT2D eigenvalue weighted by atomic mass is 35.5. The van der Waals surface area contributed by atoms with Gasteiger partial charge in [0.05, 0.1) is 46.3 Å². The molecular formula is C26H37Cl3N4O4. The van der Waals surface area contributed by atoms with Crippen molar-refractivity contribution in [2.75, 3.05) is 19.7 Å². The second-order valence-electron chi connectivity index (χ2n) is 10.8. The van der Waals surface area contributed by atoms with Crippen LogP contribution in [0.4, 0.5) is 0 Å². The molecule has 1 heterocycles. The molecule has 0 saturated heterocycles. The molecule has 0 radical (unpaired) electrons. The summed E-state index contributed by atoms with van der Waals surface area (Å²) in [6.45, 7) is 10.1. The third-order valence-electron chi connectivity index (χ3n) is 6.31. The lowest BCUT2D eigenvalue weighted by Crippen LogP contribution is -2.42. The van der Waals surface area contributed by atoms with Crippen LogP contribution < -0.4 is 5.73 Å². The predicted octanol–water partition coefficient (Wildman–Crippen LogP) is 5.29. The Morgan fingerprint density at radius 2 is 1.86 bits per heavy atom. The molecule has 2 rings (SSSR count). The number of aliphatic imine (C=N–C) groups is 1. The Kier molecular flexibility index (Phi) is 11.2. The van der Waals surface area contributed by atoms with Gasteiger partial charge in [0.15, 0.2) is 0 Å². The number of nitrogens with two attached hydrogens (primary N) is 1. The summed E-state index contributed by atoms with van der Waals surface area (Å²) in [7, 11) is 0.